The standard InChI is InChI=1S/C14H14N2O5/c1-9(17)4-2-3-7-15-12-6-5-10(16(20)21)8-11(12)13(18)14(15)19/h5-6,8H,2-4,7H2,1H3. The molecule has 0 spiro atoms. The zero-order chi connectivity index (χ0) is 15.6. The van der Waals surface area contributed by atoms with Crippen molar-refractivity contribution < 1.29 is 19.3 Å². The van der Waals surface area contributed by atoms with Crippen molar-refractivity contribution in [2.45, 2.75) is 26.2 Å². The molecule has 0 aromatic heterocycles. The maximum Gasteiger partial charge on any atom is 0.299 e. The Kier molecular flexibility index (Phi) is 4.11. The second-order valence-corrected chi connectivity index (χ2v) is 4.90. The van der Waals surface area contributed by atoms with Crippen molar-refractivity contribution >= 4 is 28.8 Å². The first-order valence-corrected chi connectivity index (χ1v) is 6.56. The Morgan fingerprint density at radius 1 is 1.29 bits per heavy atom. The fraction of sp³-hybridized carbons (Fsp3) is 0.357. The number of hydrogen-bond acceptors (Lipinski definition) is 5. The minimum atomic E-state index is -0.722. The molecule has 1 aromatic carbocycles. The highest BCUT2D eigenvalue weighted by Gasteiger charge is 2.36. The number of nitro benzene ring substituents is 1. The summed E-state index contributed by atoms with van der Waals surface area (Å²) in [5.74, 6) is -1.32. The molecule has 0 unspecified atom stereocenters. The second-order valence-electron chi connectivity index (χ2n) is 4.90. The van der Waals surface area contributed by atoms with E-state index in [0.29, 0.717) is 31.5 Å². The van der Waals surface area contributed by atoms with Crippen molar-refractivity contribution in [1.29, 1.82) is 0 Å². The average Bonchev–Trinajstić information content (AvgIpc) is 2.67. The Morgan fingerprint density at radius 2 is 2.00 bits per heavy atom. The summed E-state index contributed by atoms with van der Waals surface area (Å²) in [5, 5.41) is 10.7. The van der Waals surface area contributed by atoms with Gasteiger partial charge in [-0.05, 0) is 25.8 Å². The molecular formula is C14H14N2O5. The number of rotatable bonds is 6. The minimum absolute atomic E-state index is 0.0702. The predicted octanol–water partition coefficient (Wildman–Crippen LogP) is 1.88. The van der Waals surface area contributed by atoms with Gasteiger partial charge in [-0.1, -0.05) is 0 Å². The van der Waals surface area contributed by atoms with E-state index in [4.69, 9.17) is 0 Å². The molecule has 2 rings (SSSR count). The fourth-order valence-corrected chi connectivity index (χ4v) is 2.27. The van der Waals surface area contributed by atoms with E-state index >= 15 is 0 Å². The van der Waals surface area contributed by atoms with Crippen LogP contribution in [0.1, 0.15) is 36.5 Å². The number of carbonyl (C=O) groups is 3. The summed E-state index contributed by atoms with van der Waals surface area (Å²) < 4.78 is 0. The lowest BCUT2D eigenvalue weighted by Crippen LogP contribution is -2.30. The van der Waals surface area contributed by atoms with Crippen LogP contribution in [0, 0.1) is 10.1 Å². The summed E-state index contributed by atoms with van der Waals surface area (Å²) in [4.78, 5) is 46.0. The van der Waals surface area contributed by atoms with Crippen LogP contribution in [0.4, 0.5) is 11.4 Å². The second kappa shape index (κ2) is 5.82. The van der Waals surface area contributed by atoms with Crippen molar-refractivity contribution in [1.82, 2.24) is 0 Å². The van der Waals surface area contributed by atoms with Crippen LogP contribution in [0.5, 0.6) is 0 Å². The molecule has 1 aliphatic heterocycles. The Hall–Kier alpha value is -2.57. The summed E-state index contributed by atoms with van der Waals surface area (Å²) in [6.07, 6.45) is 1.66. The van der Waals surface area contributed by atoms with Crippen LogP contribution in [0.2, 0.25) is 0 Å². The first-order chi connectivity index (χ1) is 9.91. The van der Waals surface area contributed by atoms with Crippen molar-refractivity contribution in [3.8, 4) is 0 Å². The number of nitro groups is 1. The van der Waals surface area contributed by atoms with Gasteiger partial charge >= 0.3 is 0 Å². The van der Waals surface area contributed by atoms with Gasteiger partial charge in [-0.25, -0.2) is 0 Å². The summed E-state index contributed by atoms with van der Waals surface area (Å²) in [7, 11) is 0. The van der Waals surface area contributed by atoms with Crippen LogP contribution in [-0.4, -0.2) is 28.9 Å². The van der Waals surface area contributed by atoms with E-state index in [1.807, 2.05) is 0 Å². The lowest BCUT2D eigenvalue weighted by atomic mass is 10.1. The molecule has 0 saturated carbocycles. The van der Waals surface area contributed by atoms with Crippen molar-refractivity contribution in [2.75, 3.05) is 11.4 Å². The highest BCUT2D eigenvalue weighted by Crippen LogP contribution is 2.32. The van der Waals surface area contributed by atoms with Gasteiger partial charge in [0.1, 0.15) is 5.78 Å². The van der Waals surface area contributed by atoms with E-state index in [-0.39, 0.29) is 17.0 Å². The zero-order valence-corrected chi connectivity index (χ0v) is 11.5. The largest absolute Gasteiger partial charge is 0.305 e. The van der Waals surface area contributed by atoms with Gasteiger partial charge in [-0.15, -0.1) is 0 Å². The van der Waals surface area contributed by atoms with Gasteiger partial charge in [0.2, 0.25) is 0 Å². The summed E-state index contributed by atoms with van der Waals surface area (Å²) in [6.45, 7) is 1.82. The van der Waals surface area contributed by atoms with E-state index in [1.165, 1.54) is 24.0 Å². The number of anilines is 1. The molecule has 0 fully saturated rings. The van der Waals surface area contributed by atoms with Gasteiger partial charge in [0.05, 0.1) is 16.2 Å². The molecule has 0 atom stereocenters. The Morgan fingerprint density at radius 3 is 2.62 bits per heavy atom. The van der Waals surface area contributed by atoms with Crippen LogP contribution < -0.4 is 4.90 Å². The molecule has 1 heterocycles. The number of hydrogen-bond donors (Lipinski definition) is 0. The van der Waals surface area contributed by atoms with Gasteiger partial charge < -0.3 is 9.69 Å². The average molecular weight is 290 g/mol. The molecule has 7 heteroatoms. The lowest BCUT2D eigenvalue weighted by Gasteiger charge is -2.15. The smallest absolute Gasteiger partial charge is 0.299 e. The van der Waals surface area contributed by atoms with E-state index in [1.54, 1.807) is 0 Å². The number of Topliss-reactive ketones (excluding diaryl/α,β-unsaturated/α-hetero) is 2. The fourth-order valence-electron chi connectivity index (χ4n) is 2.27. The topological polar surface area (TPSA) is 97.6 Å². The van der Waals surface area contributed by atoms with Crippen molar-refractivity contribution in [3.63, 3.8) is 0 Å². The monoisotopic (exact) mass is 290 g/mol. The number of carbonyl (C=O) groups excluding carboxylic acids is 3. The highest BCUT2D eigenvalue weighted by atomic mass is 16.6. The van der Waals surface area contributed by atoms with E-state index < -0.39 is 16.6 Å². The van der Waals surface area contributed by atoms with Gasteiger partial charge in [0.15, 0.2) is 0 Å². The van der Waals surface area contributed by atoms with Crippen LogP contribution in [0.3, 0.4) is 0 Å². The quantitative estimate of drug-likeness (QED) is 0.345. The molecule has 0 aliphatic carbocycles. The molecule has 21 heavy (non-hydrogen) atoms. The molecule has 1 aromatic rings. The van der Waals surface area contributed by atoms with Gasteiger partial charge in [-0.2, -0.15) is 0 Å². The van der Waals surface area contributed by atoms with Gasteiger partial charge in [0, 0.05) is 25.1 Å². The number of unbranched alkanes of at least 4 members (excludes halogenated alkanes) is 1. The third-order valence-electron chi connectivity index (χ3n) is 3.33. The molecule has 0 saturated heterocycles. The van der Waals surface area contributed by atoms with Crippen LogP contribution >= 0.6 is 0 Å². The normalized spacial score (nSPS) is 13.5. The van der Waals surface area contributed by atoms with E-state index in [9.17, 15) is 24.5 Å². The first kappa shape index (κ1) is 14.8. The Balaban J connectivity index is 2.16. The third-order valence-corrected chi connectivity index (χ3v) is 3.33. The Labute approximate surface area is 120 Å². The third kappa shape index (κ3) is 2.96. The number of amides is 1. The number of ketones is 2. The van der Waals surface area contributed by atoms with Crippen LogP contribution in [-0.2, 0) is 9.59 Å². The molecule has 110 valence electrons. The van der Waals surface area contributed by atoms with Gasteiger partial charge in [-0.3, -0.25) is 19.7 Å². The molecule has 0 N–H and O–H groups in total. The summed E-state index contributed by atoms with van der Waals surface area (Å²) >= 11 is 0. The maximum atomic E-state index is 11.9. The van der Waals surface area contributed by atoms with Crippen molar-refractivity contribution in [3.05, 3.63) is 33.9 Å². The molecule has 0 bridgehead atoms. The molecule has 0 radical (unpaired) electrons. The van der Waals surface area contributed by atoms with E-state index in [2.05, 4.69) is 0 Å². The number of benzene rings is 1. The predicted molar refractivity (Wildman–Crippen MR) is 74.3 cm³/mol. The zero-order valence-electron chi connectivity index (χ0n) is 11.5. The summed E-state index contributed by atoms with van der Waals surface area (Å²) in [5.41, 5.74) is 0.257. The SMILES string of the molecule is CC(=O)CCCCN1C(=O)C(=O)c2cc([N+](=O)[O-])ccc21. The highest BCUT2D eigenvalue weighted by molar-refractivity contribution is 6.52. The van der Waals surface area contributed by atoms with Crippen LogP contribution in [0.15, 0.2) is 18.2 Å². The lowest BCUT2D eigenvalue weighted by molar-refractivity contribution is -0.384. The molecule has 1 aliphatic rings. The first-order valence-electron chi connectivity index (χ1n) is 6.56. The molecular weight excluding hydrogens is 276 g/mol. The van der Waals surface area contributed by atoms with Gasteiger partial charge in [0.25, 0.3) is 17.4 Å². The van der Waals surface area contributed by atoms with E-state index in [0.717, 1.165) is 6.07 Å². The van der Waals surface area contributed by atoms with Crippen LogP contribution in [0.25, 0.3) is 0 Å². The number of nitrogens with zero attached hydrogens (tertiary/aromatic N) is 2. The molecule has 7 nitrogen and oxygen atoms in total. The summed E-state index contributed by atoms with van der Waals surface area (Å²) in [6, 6.07) is 3.82. The molecule has 1 amide bonds. The Bertz CT molecular complexity index is 638. The van der Waals surface area contributed by atoms with Crippen molar-refractivity contribution in [2.24, 2.45) is 0 Å². The maximum absolute atomic E-state index is 11.9. The number of fused-ring (bicyclic) bond motifs is 1. The number of non-ortho nitro benzene ring substituents is 1. The minimum Gasteiger partial charge on any atom is -0.305 e.